The van der Waals surface area contributed by atoms with Crippen LogP contribution < -0.4 is 10.5 Å². The predicted octanol–water partition coefficient (Wildman–Crippen LogP) is 3.33. The highest BCUT2D eigenvalue weighted by atomic mass is 35.5. The Kier molecular flexibility index (Phi) is 5.24. The third kappa shape index (κ3) is 3.63. The van der Waals surface area contributed by atoms with Crippen LogP contribution in [0.3, 0.4) is 0 Å². The van der Waals surface area contributed by atoms with Gasteiger partial charge in [-0.25, -0.2) is 0 Å². The number of halogens is 2. The Morgan fingerprint density at radius 2 is 2.17 bits per heavy atom. The molecule has 23 heavy (non-hydrogen) atoms. The van der Waals surface area contributed by atoms with Crippen LogP contribution in [0.1, 0.15) is 33.5 Å². The number of furan rings is 1. The third-order valence-electron chi connectivity index (χ3n) is 3.69. The molecule has 0 saturated heterocycles. The Bertz CT molecular complexity index is 730. The predicted molar refractivity (Wildman–Crippen MR) is 90.4 cm³/mol. The largest absolute Gasteiger partial charge is 0.484 e. The van der Waals surface area contributed by atoms with E-state index in [0.717, 1.165) is 30.2 Å². The zero-order chi connectivity index (χ0) is 15.9. The molecule has 5 nitrogen and oxygen atoms in total. The normalized spacial score (nSPS) is 17.3. The summed E-state index contributed by atoms with van der Waals surface area (Å²) in [7, 11) is 2.01. The molecule has 2 N–H and O–H groups in total. The molecule has 2 aromatic rings. The van der Waals surface area contributed by atoms with Gasteiger partial charge in [-0.1, -0.05) is 11.6 Å². The first-order chi connectivity index (χ1) is 10.4. The molecule has 1 amide bonds. The summed E-state index contributed by atoms with van der Waals surface area (Å²) in [4.78, 5) is 13.3. The first-order valence-corrected chi connectivity index (χ1v) is 7.35. The molecule has 0 bridgehead atoms. The summed E-state index contributed by atoms with van der Waals surface area (Å²) in [5.74, 6) is 1.84. The number of primary amides is 1. The number of rotatable bonds is 3. The fourth-order valence-corrected chi connectivity index (χ4v) is 2.97. The van der Waals surface area contributed by atoms with Gasteiger partial charge in [0.15, 0.2) is 0 Å². The second kappa shape index (κ2) is 6.83. The Balaban J connectivity index is 0.00000192. The minimum Gasteiger partial charge on any atom is -0.484 e. The van der Waals surface area contributed by atoms with Crippen LogP contribution in [0.4, 0.5) is 0 Å². The minimum atomic E-state index is -0.554. The smallest absolute Gasteiger partial charge is 0.250 e. The maximum Gasteiger partial charge on any atom is 0.250 e. The van der Waals surface area contributed by atoms with E-state index in [1.807, 2.05) is 20.0 Å². The van der Waals surface area contributed by atoms with Crippen molar-refractivity contribution in [2.75, 3.05) is 13.6 Å². The molecule has 1 atom stereocenters. The number of aryl methyl sites for hydroxylation is 1. The van der Waals surface area contributed by atoms with E-state index in [0.29, 0.717) is 5.75 Å². The number of hydrogen-bond acceptors (Lipinski definition) is 4. The Hall–Kier alpha value is -1.69. The molecule has 1 unspecified atom stereocenters. The monoisotopic (exact) mass is 356 g/mol. The molecule has 3 rings (SSSR count). The molecule has 1 aromatic carbocycles. The van der Waals surface area contributed by atoms with Gasteiger partial charge in [0.05, 0.1) is 17.1 Å². The van der Waals surface area contributed by atoms with Crippen LogP contribution in [0, 0.1) is 6.92 Å². The summed E-state index contributed by atoms with van der Waals surface area (Å²) in [6.45, 7) is 3.44. The molecule has 1 aromatic heterocycles. The summed E-state index contributed by atoms with van der Waals surface area (Å²) < 4.78 is 11.8. The Labute approximate surface area is 145 Å². The van der Waals surface area contributed by atoms with Gasteiger partial charge in [0.25, 0.3) is 0 Å². The number of likely N-dealkylation sites (N-methyl/N-ethyl adjacent to an activating group) is 1. The van der Waals surface area contributed by atoms with E-state index in [2.05, 4.69) is 4.90 Å². The van der Waals surface area contributed by atoms with Crippen molar-refractivity contribution in [1.82, 2.24) is 4.90 Å². The molecule has 2 heterocycles. The van der Waals surface area contributed by atoms with Crippen LogP contribution in [0.2, 0.25) is 5.02 Å². The maximum atomic E-state index is 11.2. The molecule has 0 spiro atoms. The average molecular weight is 357 g/mol. The van der Waals surface area contributed by atoms with Crippen LogP contribution in [0.15, 0.2) is 28.7 Å². The number of ether oxygens (including phenoxy) is 1. The lowest BCUT2D eigenvalue weighted by molar-refractivity contribution is 0.1000. The minimum absolute atomic E-state index is 0. The fourth-order valence-electron chi connectivity index (χ4n) is 2.70. The zero-order valence-electron chi connectivity index (χ0n) is 12.8. The van der Waals surface area contributed by atoms with E-state index in [1.165, 1.54) is 0 Å². The second-order valence-corrected chi connectivity index (χ2v) is 5.95. The van der Waals surface area contributed by atoms with Crippen molar-refractivity contribution in [1.29, 1.82) is 0 Å². The fraction of sp³-hybridized carbons (Fsp3) is 0.312. The van der Waals surface area contributed by atoms with Crippen molar-refractivity contribution in [2.45, 2.75) is 19.6 Å². The quantitative estimate of drug-likeness (QED) is 0.915. The number of nitrogens with two attached hydrogens (primary N) is 1. The summed E-state index contributed by atoms with van der Waals surface area (Å²) in [6, 6.07) is 6.90. The summed E-state index contributed by atoms with van der Waals surface area (Å²) in [5.41, 5.74) is 6.60. The van der Waals surface area contributed by atoms with Gasteiger partial charge in [-0.05, 0) is 38.2 Å². The number of hydrogen-bond donors (Lipinski definition) is 1. The molecule has 124 valence electrons. The highest BCUT2D eigenvalue weighted by Crippen LogP contribution is 2.33. The molecule has 1 aliphatic heterocycles. The molecule has 0 radical (unpaired) electrons. The molecular weight excluding hydrogens is 339 g/mol. The molecular formula is C16H18Cl2N2O3. The number of nitrogens with zero attached hydrogens (tertiary/aromatic N) is 1. The highest BCUT2D eigenvalue weighted by Gasteiger charge is 2.28. The van der Waals surface area contributed by atoms with Gasteiger partial charge >= 0.3 is 0 Å². The van der Waals surface area contributed by atoms with E-state index >= 15 is 0 Å². The van der Waals surface area contributed by atoms with Gasteiger partial charge in [-0.2, -0.15) is 0 Å². The molecule has 1 aliphatic rings. The third-order valence-corrected chi connectivity index (χ3v) is 4.00. The SMILES string of the molecule is Cc1cc2c(o1)CN(C)CC2Oc1ccc(C(N)=O)c(Cl)c1.Cl. The van der Waals surface area contributed by atoms with Gasteiger partial charge < -0.3 is 14.9 Å². The van der Waals surface area contributed by atoms with Crippen molar-refractivity contribution in [3.05, 3.63) is 51.9 Å². The second-order valence-electron chi connectivity index (χ2n) is 5.54. The summed E-state index contributed by atoms with van der Waals surface area (Å²) >= 11 is 6.07. The van der Waals surface area contributed by atoms with Crippen molar-refractivity contribution in [2.24, 2.45) is 5.73 Å². The lowest BCUT2D eigenvalue weighted by Crippen LogP contribution is -2.32. The van der Waals surface area contributed by atoms with Crippen molar-refractivity contribution < 1.29 is 13.9 Å². The summed E-state index contributed by atoms with van der Waals surface area (Å²) in [6.07, 6.45) is -0.137. The lowest BCUT2D eigenvalue weighted by atomic mass is 10.1. The Morgan fingerprint density at radius 1 is 1.43 bits per heavy atom. The van der Waals surface area contributed by atoms with Crippen molar-refractivity contribution in [3.8, 4) is 5.75 Å². The average Bonchev–Trinajstić information content (AvgIpc) is 2.78. The van der Waals surface area contributed by atoms with Gasteiger partial charge in [-0.3, -0.25) is 9.69 Å². The van der Waals surface area contributed by atoms with Crippen molar-refractivity contribution in [3.63, 3.8) is 0 Å². The highest BCUT2D eigenvalue weighted by molar-refractivity contribution is 6.33. The topological polar surface area (TPSA) is 68.7 Å². The van der Waals surface area contributed by atoms with Crippen LogP contribution in [0.25, 0.3) is 0 Å². The number of amides is 1. The number of carbonyl (C=O) groups excluding carboxylic acids is 1. The number of benzene rings is 1. The maximum absolute atomic E-state index is 11.2. The van der Waals surface area contributed by atoms with Crippen LogP contribution in [-0.2, 0) is 6.54 Å². The first kappa shape index (κ1) is 17.7. The Morgan fingerprint density at radius 3 is 2.83 bits per heavy atom. The van der Waals surface area contributed by atoms with E-state index in [9.17, 15) is 4.79 Å². The standard InChI is InChI=1S/C16H17ClN2O3.ClH/c1-9-5-12-14(21-9)7-19(2)8-15(12)22-10-3-4-11(16(18)20)13(17)6-10;/h3-6,15H,7-8H2,1-2H3,(H2,18,20);1H. The van der Waals surface area contributed by atoms with Crippen LogP contribution in [-0.4, -0.2) is 24.4 Å². The van der Waals surface area contributed by atoms with Crippen LogP contribution >= 0.6 is 24.0 Å². The van der Waals surface area contributed by atoms with Gasteiger partial charge in [0.2, 0.25) is 5.91 Å². The summed E-state index contributed by atoms with van der Waals surface area (Å²) in [5, 5.41) is 0.290. The van der Waals surface area contributed by atoms with E-state index in [-0.39, 0.29) is 29.1 Å². The first-order valence-electron chi connectivity index (χ1n) is 6.98. The van der Waals surface area contributed by atoms with Gasteiger partial charge in [-0.15, -0.1) is 12.4 Å². The van der Waals surface area contributed by atoms with Crippen molar-refractivity contribution >= 4 is 29.9 Å². The molecule has 0 aliphatic carbocycles. The number of carbonyl (C=O) groups is 1. The molecule has 0 fully saturated rings. The van der Waals surface area contributed by atoms with Crippen LogP contribution in [0.5, 0.6) is 5.75 Å². The van der Waals surface area contributed by atoms with E-state index in [1.54, 1.807) is 18.2 Å². The van der Waals surface area contributed by atoms with E-state index in [4.69, 9.17) is 26.5 Å². The van der Waals surface area contributed by atoms with Gasteiger partial charge in [0, 0.05) is 12.1 Å². The van der Waals surface area contributed by atoms with Gasteiger partial charge in [0.1, 0.15) is 23.4 Å². The molecule has 7 heteroatoms. The zero-order valence-corrected chi connectivity index (χ0v) is 14.4. The number of fused-ring (bicyclic) bond motifs is 1. The molecule has 0 saturated carbocycles. The lowest BCUT2D eigenvalue weighted by Gasteiger charge is -2.29. The van der Waals surface area contributed by atoms with E-state index < -0.39 is 5.91 Å².